The van der Waals surface area contributed by atoms with E-state index in [4.69, 9.17) is 0 Å². The number of carbonyl (C=O) groups excluding carboxylic acids is 2. The minimum atomic E-state index is -3.97. The van der Waals surface area contributed by atoms with Crippen molar-refractivity contribution in [2.24, 2.45) is 0 Å². The summed E-state index contributed by atoms with van der Waals surface area (Å²) in [5, 5.41) is 10.8. The van der Waals surface area contributed by atoms with Crippen molar-refractivity contribution in [1.82, 2.24) is 15.6 Å². The maximum absolute atomic E-state index is 12.4. The van der Waals surface area contributed by atoms with Crippen LogP contribution in [-0.2, 0) is 16.6 Å². The normalized spacial score (nSPS) is 10.9. The second-order valence-corrected chi connectivity index (χ2v) is 8.32. The molecule has 164 valence electrons. The lowest BCUT2D eigenvalue weighted by Gasteiger charge is -2.09. The number of hydrogen-bond donors (Lipinski definition) is 3. The minimum absolute atomic E-state index is 0.0856. The van der Waals surface area contributed by atoms with Crippen LogP contribution in [0.2, 0.25) is 0 Å². The lowest BCUT2D eigenvalue weighted by atomic mass is 10.1. The van der Waals surface area contributed by atoms with Gasteiger partial charge in [-0.25, -0.2) is 13.1 Å². The first-order valence-corrected chi connectivity index (χ1v) is 10.7. The summed E-state index contributed by atoms with van der Waals surface area (Å²) >= 11 is 0. The van der Waals surface area contributed by atoms with Crippen LogP contribution in [0, 0.1) is 10.1 Å². The first-order valence-electron chi connectivity index (χ1n) is 9.25. The molecule has 3 aromatic carbocycles. The predicted molar refractivity (Wildman–Crippen MR) is 115 cm³/mol. The largest absolute Gasteiger partial charge is 0.270 e. The molecule has 0 unspecified atom stereocenters. The predicted octanol–water partition coefficient (Wildman–Crippen LogP) is 2.15. The van der Waals surface area contributed by atoms with E-state index < -0.39 is 26.8 Å². The molecule has 0 saturated carbocycles. The summed E-state index contributed by atoms with van der Waals surface area (Å²) < 4.78 is 27.1. The molecule has 0 radical (unpaired) electrons. The highest BCUT2D eigenvalue weighted by atomic mass is 32.2. The second kappa shape index (κ2) is 9.81. The van der Waals surface area contributed by atoms with Crippen molar-refractivity contribution in [3.63, 3.8) is 0 Å². The zero-order valence-electron chi connectivity index (χ0n) is 16.5. The monoisotopic (exact) mass is 454 g/mol. The summed E-state index contributed by atoms with van der Waals surface area (Å²) in [7, 11) is -3.97. The van der Waals surface area contributed by atoms with E-state index in [2.05, 4.69) is 15.6 Å². The highest BCUT2D eigenvalue weighted by Crippen LogP contribution is 2.17. The van der Waals surface area contributed by atoms with Crippen LogP contribution in [0.5, 0.6) is 0 Å². The third kappa shape index (κ3) is 5.74. The fraction of sp³-hybridized carbons (Fsp3) is 0.0476. The number of nitrogens with zero attached hydrogens (tertiary/aromatic N) is 1. The fourth-order valence-electron chi connectivity index (χ4n) is 2.65. The van der Waals surface area contributed by atoms with E-state index in [1.807, 2.05) is 0 Å². The Kier molecular flexibility index (Phi) is 6.93. The van der Waals surface area contributed by atoms with E-state index >= 15 is 0 Å². The van der Waals surface area contributed by atoms with Crippen molar-refractivity contribution in [2.75, 3.05) is 0 Å². The molecule has 0 bridgehead atoms. The highest BCUT2D eigenvalue weighted by Gasteiger charge is 2.17. The average molecular weight is 454 g/mol. The number of nitrogens with one attached hydrogen (secondary N) is 3. The minimum Gasteiger partial charge on any atom is -0.267 e. The highest BCUT2D eigenvalue weighted by molar-refractivity contribution is 7.89. The summed E-state index contributed by atoms with van der Waals surface area (Å²) in [5.41, 5.74) is 5.48. The maximum atomic E-state index is 12.4. The molecule has 32 heavy (non-hydrogen) atoms. The Morgan fingerprint density at radius 2 is 1.41 bits per heavy atom. The fourth-order valence-corrected chi connectivity index (χ4v) is 3.70. The molecule has 0 aliphatic heterocycles. The molecule has 0 saturated heterocycles. The summed E-state index contributed by atoms with van der Waals surface area (Å²) in [6.07, 6.45) is 0. The molecule has 11 heteroatoms. The number of nitro groups is 1. The molecule has 0 fully saturated rings. The van der Waals surface area contributed by atoms with Crippen LogP contribution in [0.25, 0.3) is 0 Å². The number of nitro benzene ring substituents is 1. The molecule has 2 amide bonds. The quantitative estimate of drug-likeness (QED) is 0.368. The van der Waals surface area contributed by atoms with Crippen molar-refractivity contribution < 1.29 is 22.9 Å². The average Bonchev–Trinajstić information content (AvgIpc) is 2.82. The molecular weight excluding hydrogens is 436 g/mol. The second-order valence-electron chi connectivity index (χ2n) is 6.55. The van der Waals surface area contributed by atoms with Crippen molar-refractivity contribution in [3.05, 3.63) is 106 Å². The van der Waals surface area contributed by atoms with Crippen LogP contribution in [0.3, 0.4) is 0 Å². The Bertz CT molecular complexity index is 1240. The van der Waals surface area contributed by atoms with Crippen molar-refractivity contribution in [2.45, 2.75) is 11.4 Å². The third-order valence-electron chi connectivity index (χ3n) is 4.35. The number of carbonyl (C=O) groups is 2. The Labute approximate surface area is 183 Å². The third-order valence-corrected chi connectivity index (χ3v) is 5.75. The van der Waals surface area contributed by atoms with Gasteiger partial charge in [0.2, 0.25) is 10.0 Å². The summed E-state index contributed by atoms with van der Waals surface area (Å²) in [6.45, 7) is -0.0856. The lowest BCUT2D eigenvalue weighted by Crippen LogP contribution is -2.41. The van der Waals surface area contributed by atoms with Gasteiger partial charge in [0.25, 0.3) is 17.5 Å². The standard InChI is InChI=1S/C21H18N4O6S/c26-20(16-5-2-1-3-6-16)23-24-21(27)17-11-9-15(10-12-17)14-22-32(30,31)19-8-4-7-18(13-19)25(28)29/h1-13,22H,14H2,(H,23,26)(H,24,27). The Hall–Kier alpha value is -4.09. The number of non-ortho nitro benzene ring substituents is 1. The van der Waals surface area contributed by atoms with Gasteiger partial charge in [-0.15, -0.1) is 0 Å². The maximum Gasteiger partial charge on any atom is 0.270 e. The molecule has 0 aliphatic carbocycles. The summed E-state index contributed by atoms with van der Waals surface area (Å²) in [6, 6.07) is 19.1. The molecule has 10 nitrogen and oxygen atoms in total. The van der Waals surface area contributed by atoms with Gasteiger partial charge in [0.1, 0.15) is 0 Å². The Morgan fingerprint density at radius 3 is 2.00 bits per heavy atom. The first-order chi connectivity index (χ1) is 15.3. The van der Waals surface area contributed by atoms with Gasteiger partial charge in [0.05, 0.1) is 9.82 Å². The van der Waals surface area contributed by atoms with E-state index in [0.717, 1.165) is 6.07 Å². The molecule has 0 spiro atoms. The number of sulfonamides is 1. The van der Waals surface area contributed by atoms with Gasteiger partial charge >= 0.3 is 0 Å². The molecule has 0 heterocycles. The molecule has 0 aliphatic rings. The van der Waals surface area contributed by atoms with Crippen LogP contribution in [0.4, 0.5) is 5.69 Å². The molecular formula is C21H18N4O6S. The SMILES string of the molecule is O=C(NNC(=O)c1ccc(CNS(=O)(=O)c2cccc([N+](=O)[O-])c2)cc1)c1ccccc1. The smallest absolute Gasteiger partial charge is 0.267 e. The topological polar surface area (TPSA) is 148 Å². The van der Waals surface area contributed by atoms with Gasteiger partial charge in [0.15, 0.2) is 0 Å². The van der Waals surface area contributed by atoms with Crippen molar-refractivity contribution in [3.8, 4) is 0 Å². The lowest BCUT2D eigenvalue weighted by molar-refractivity contribution is -0.385. The first kappa shape index (κ1) is 22.6. The van der Waals surface area contributed by atoms with E-state index in [1.54, 1.807) is 42.5 Å². The van der Waals surface area contributed by atoms with Crippen LogP contribution in [-0.4, -0.2) is 25.2 Å². The molecule has 0 atom stereocenters. The molecule has 3 rings (SSSR count). The zero-order valence-corrected chi connectivity index (χ0v) is 17.3. The van der Waals surface area contributed by atoms with Crippen LogP contribution >= 0.6 is 0 Å². The van der Waals surface area contributed by atoms with E-state index in [-0.39, 0.29) is 22.7 Å². The number of amides is 2. The summed E-state index contributed by atoms with van der Waals surface area (Å²) in [5.74, 6) is -1.01. The van der Waals surface area contributed by atoms with Gasteiger partial charge < -0.3 is 0 Å². The van der Waals surface area contributed by atoms with Crippen LogP contribution in [0.15, 0.2) is 83.8 Å². The van der Waals surface area contributed by atoms with Crippen molar-refractivity contribution >= 4 is 27.5 Å². The van der Waals surface area contributed by atoms with Gasteiger partial charge in [-0.2, -0.15) is 0 Å². The van der Waals surface area contributed by atoms with Crippen molar-refractivity contribution in [1.29, 1.82) is 0 Å². The number of benzene rings is 3. The molecule has 3 aromatic rings. The van der Waals surface area contributed by atoms with Gasteiger partial charge in [-0.3, -0.25) is 30.6 Å². The molecule has 0 aromatic heterocycles. The Morgan fingerprint density at radius 1 is 0.812 bits per heavy atom. The number of hydrazine groups is 1. The van der Waals surface area contributed by atoms with Crippen LogP contribution in [0.1, 0.15) is 26.3 Å². The Balaban J connectivity index is 1.57. The van der Waals surface area contributed by atoms with E-state index in [0.29, 0.717) is 11.1 Å². The molecule has 3 N–H and O–H groups in total. The van der Waals surface area contributed by atoms with Gasteiger partial charge in [-0.1, -0.05) is 36.4 Å². The van der Waals surface area contributed by atoms with Gasteiger partial charge in [-0.05, 0) is 35.9 Å². The zero-order chi connectivity index (χ0) is 23.1. The number of rotatable bonds is 7. The van der Waals surface area contributed by atoms with Crippen LogP contribution < -0.4 is 15.6 Å². The van der Waals surface area contributed by atoms with E-state index in [1.165, 1.54) is 30.3 Å². The van der Waals surface area contributed by atoms with E-state index in [9.17, 15) is 28.1 Å². The summed E-state index contributed by atoms with van der Waals surface area (Å²) in [4.78, 5) is 34.1. The number of hydrogen-bond acceptors (Lipinski definition) is 6. The van der Waals surface area contributed by atoms with Gasteiger partial charge in [0, 0.05) is 29.8 Å².